The Bertz CT molecular complexity index is 655. The van der Waals surface area contributed by atoms with E-state index in [2.05, 4.69) is 11.0 Å². The lowest BCUT2D eigenvalue weighted by molar-refractivity contribution is 0.177. The molecule has 21 heavy (non-hydrogen) atoms. The van der Waals surface area contributed by atoms with Crippen LogP contribution in [0.5, 0.6) is 0 Å². The first-order chi connectivity index (χ1) is 9.87. The Balaban J connectivity index is 2.06. The summed E-state index contributed by atoms with van der Waals surface area (Å²) in [6.45, 7) is 1.85. The highest BCUT2D eigenvalue weighted by Crippen LogP contribution is 2.21. The predicted octanol–water partition coefficient (Wildman–Crippen LogP) is 1.20. The maximum absolute atomic E-state index is 13.3. The second-order valence-corrected chi connectivity index (χ2v) is 7.15. The second kappa shape index (κ2) is 6.52. The lowest BCUT2D eigenvalue weighted by atomic mass is 9.99. The summed E-state index contributed by atoms with van der Waals surface area (Å²) < 4.78 is 35.7. The van der Waals surface area contributed by atoms with Gasteiger partial charge in [0.25, 0.3) is 0 Å². The molecule has 0 aromatic heterocycles. The van der Waals surface area contributed by atoms with E-state index in [1.165, 1.54) is 18.2 Å². The van der Waals surface area contributed by atoms with Crippen LogP contribution in [0.15, 0.2) is 18.2 Å². The summed E-state index contributed by atoms with van der Waals surface area (Å²) in [5, 5.41) is 14.1. The summed E-state index contributed by atoms with van der Waals surface area (Å²) >= 11 is 0. The molecule has 1 fully saturated rings. The van der Waals surface area contributed by atoms with Crippen molar-refractivity contribution >= 4 is 10.0 Å². The van der Waals surface area contributed by atoms with Gasteiger partial charge in [-0.1, -0.05) is 0 Å². The summed E-state index contributed by atoms with van der Waals surface area (Å²) in [7, 11) is -3.48. The van der Waals surface area contributed by atoms with Gasteiger partial charge in [0, 0.05) is 13.1 Å². The van der Waals surface area contributed by atoms with E-state index in [1.54, 1.807) is 0 Å². The van der Waals surface area contributed by atoms with Gasteiger partial charge in [-0.3, -0.25) is 4.90 Å². The SMILES string of the molecule is N#Cc1ccc(F)cc1CN1CCC[C@H](CS(N)(=O)=O)C1. The van der Waals surface area contributed by atoms with Crippen LogP contribution in [0.1, 0.15) is 24.0 Å². The molecule has 1 aliphatic rings. The van der Waals surface area contributed by atoms with Crippen LogP contribution in [0.25, 0.3) is 0 Å². The zero-order chi connectivity index (χ0) is 15.5. The van der Waals surface area contributed by atoms with Crippen LogP contribution in [-0.4, -0.2) is 32.2 Å². The number of hydrogen-bond acceptors (Lipinski definition) is 4. The van der Waals surface area contributed by atoms with Crippen LogP contribution < -0.4 is 5.14 Å². The van der Waals surface area contributed by atoms with Crippen molar-refractivity contribution in [3.8, 4) is 6.07 Å². The van der Waals surface area contributed by atoms with Gasteiger partial charge in [0.2, 0.25) is 10.0 Å². The number of hydrogen-bond donors (Lipinski definition) is 1. The van der Waals surface area contributed by atoms with E-state index in [0.717, 1.165) is 19.4 Å². The Hall–Kier alpha value is -1.49. The summed E-state index contributed by atoms with van der Waals surface area (Å²) in [5.74, 6) is -0.410. The summed E-state index contributed by atoms with van der Waals surface area (Å²) in [6.07, 6.45) is 1.69. The highest BCUT2D eigenvalue weighted by Gasteiger charge is 2.24. The summed E-state index contributed by atoms with van der Waals surface area (Å²) in [5.41, 5.74) is 1.08. The third-order valence-corrected chi connectivity index (χ3v) is 4.59. The summed E-state index contributed by atoms with van der Waals surface area (Å²) in [4.78, 5) is 2.05. The quantitative estimate of drug-likeness (QED) is 0.905. The normalized spacial score (nSPS) is 20.1. The average Bonchev–Trinajstić information content (AvgIpc) is 2.37. The number of halogens is 1. The summed E-state index contributed by atoms with van der Waals surface area (Å²) in [6, 6.07) is 6.15. The van der Waals surface area contributed by atoms with Gasteiger partial charge < -0.3 is 0 Å². The average molecular weight is 311 g/mol. The molecule has 2 rings (SSSR count). The molecule has 0 aliphatic carbocycles. The van der Waals surface area contributed by atoms with Crippen molar-refractivity contribution in [1.82, 2.24) is 4.90 Å². The fourth-order valence-electron chi connectivity index (χ4n) is 2.80. The molecule has 0 bridgehead atoms. The van der Waals surface area contributed by atoms with E-state index in [-0.39, 0.29) is 17.5 Å². The molecule has 0 saturated carbocycles. The molecule has 0 radical (unpaired) electrons. The van der Waals surface area contributed by atoms with Crippen LogP contribution >= 0.6 is 0 Å². The molecule has 1 aliphatic heterocycles. The number of nitrogens with zero attached hydrogens (tertiary/aromatic N) is 2. The van der Waals surface area contributed by atoms with Crippen LogP contribution in [-0.2, 0) is 16.6 Å². The van der Waals surface area contributed by atoms with Gasteiger partial charge in [-0.05, 0) is 49.1 Å². The van der Waals surface area contributed by atoms with Gasteiger partial charge in [-0.2, -0.15) is 5.26 Å². The Morgan fingerprint density at radius 1 is 1.48 bits per heavy atom. The number of piperidine rings is 1. The highest BCUT2D eigenvalue weighted by molar-refractivity contribution is 7.89. The maximum Gasteiger partial charge on any atom is 0.209 e. The highest BCUT2D eigenvalue weighted by atomic mass is 32.2. The molecule has 0 unspecified atom stereocenters. The molecule has 1 aromatic rings. The molecule has 2 N–H and O–H groups in total. The lowest BCUT2D eigenvalue weighted by Gasteiger charge is -2.32. The third kappa shape index (κ3) is 4.77. The van der Waals surface area contributed by atoms with E-state index < -0.39 is 10.0 Å². The second-order valence-electron chi connectivity index (χ2n) is 5.49. The third-order valence-electron chi connectivity index (χ3n) is 3.65. The smallest absolute Gasteiger partial charge is 0.209 e. The minimum atomic E-state index is -3.48. The van der Waals surface area contributed by atoms with Crippen LogP contribution in [0, 0.1) is 23.1 Å². The van der Waals surface area contributed by atoms with Crippen molar-refractivity contribution in [2.24, 2.45) is 11.1 Å². The molecule has 0 amide bonds. The largest absolute Gasteiger partial charge is 0.299 e. The van der Waals surface area contributed by atoms with E-state index in [9.17, 15) is 12.8 Å². The molecule has 1 saturated heterocycles. The number of nitrogens with two attached hydrogens (primary N) is 1. The molecule has 114 valence electrons. The van der Waals surface area contributed by atoms with Gasteiger partial charge in [0.1, 0.15) is 5.82 Å². The van der Waals surface area contributed by atoms with Crippen LogP contribution in [0.2, 0.25) is 0 Å². The first kappa shape index (κ1) is 15.9. The van der Waals surface area contributed by atoms with Gasteiger partial charge in [0.05, 0.1) is 17.4 Å². The maximum atomic E-state index is 13.3. The van der Waals surface area contributed by atoms with Gasteiger partial charge in [0.15, 0.2) is 0 Å². The van der Waals surface area contributed by atoms with Crippen LogP contribution in [0.3, 0.4) is 0 Å². The van der Waals surface area contributed by atoms with Crippen molar-refractivity contribution in [1.29, 1.82) is 5.26 Å². The van der Waals surface area contributed by atoms with Crippen molar-refractivity contribution in [2.45, 2.75) is 19.4 Å². The Morgan fingerprint density at radius 2 is 2.24 bits per heavy atom. The molecule has 0 spiro atoms. The van der Waals surface area contributed by atoms with Crippen molar-refractivity contribution in [3.63, 3.8) is 0 Å². The molecule has 7 heteroatoms. The zero-order valence-corrected chi connectivity index (χ0v) is 12.4. The van der Waals surface area contributed by atoms with E-state index in [1.807, 2.05) is 0 Å². The number of rotatable bonds is 4. The van der Waals surface area contributed by atoms with E-state index in [4.69, 9.17) is 10.4 Å². The molecule has 5 nitrogen and oxygen atoms in total. The standard InChI is InChI=1S/C14H18FN3O2S/c15-14-4-3-12(7-16)13(6-14)9-18-5-1-2-11(8-18)10-21(17,19)20/h3-4,6,11H,1-2,5,8-10H2,(H2,17,19,20)/t11-/m0/s1. The molecule has 1 heterocycles. The fourth-order valence-corrected chi connectivity index (χ4v) is 3.73. The minimum absolute atomic E-state index is 0.00663. The zero-order valence-electron chi connectivity index (χ0n) is 11.6. The molecular formula is C14H18FN3O2S. The molecule has 1 aromatic carbocycles. The first-order valence-corrected chi connectivity index (χ1v) is 8.50. The number of sulfonamides is 1. The molecule has 1 atom stereocenters. The Morgan fingerprint density at radius 3 is 2.90 bits per heavy atom. The lowest BCUT2D eigenvalue weighted by Crippen LogP contribution is -2.39. The Labute approximate surface area is 124 Å². The predicted molar refractivity (Wildman–Crippen MR) is 77.1 cm³/mol. The van der Waals surface area contributed by atoms with Gasteiger partial charge >= 0.3 is 0 Å². The van der Waals surface area contributed by atoms with Crippen molar-refractivity contribution in [2.75, 3.05) is 18.8 Å². The van der Waals surface area contributed by atoms with Crippen molar-refractivity contribution < 1.29 is 12.8 Å². The topological polar surface area (TPSA) is 87.2 Å². The van der Waals surface area contributed by atoms with Gasteiger partial charge in [-0.25, -0.2) is 17.9 Å². The monoisotopic (exact) mass is 311 g/mol. The number of nitriles is 1. The van der Waals surface area contributed by atoms with Gasteiger partial charge in [-0.15, -0.1) is 0 Å². The fraction of sp³-hybridized carbons (Fsp3) is 0.500. The first-order valence-electron chi connectivity index (χ1n) is 6.79. The van der Waals surface area contributed by atoms with E-state index in [0.29, 0.717) is 24.2 Å². The minimum Gasteiger partial charge on any atom is -0.299 e. The number of benzene rings is 1. The number of likely N-dealkylation sites (tertiary alicyclic amines) is 1. The number of primary sulfonamides is 1. The van der Waals surface area contributed by atoms with Crippen LogP contribution in [0.4, 0.5) is 4.39 Å². The molecular weight excluding hydrogens is 293 g/mol. The van der Waals surface area contributed by atoms with Crippen molar-refractivity contribution in [3.05, 3.63) is 35.1 Å². The Kier molecular flexibility index (Phi) is 4.93. The van der Waals surface area contributed by atoms with E-state index >= 15 is 0 Å².